The molecule has 0 saturated heterocycles. The Hall–Kier alpha value is -3.21. The van der Waals surface area contributed by atoms with Gasteiger partial charge in [0.1, 0.15) is 0 Å². The Kier molecular flexibility index (Phi) is 5.08. The number of carbonyl (C=O) groups excluding carboxylic acids is 1. The second-order valence-corrected chi connectivity index (χ2v) is 7.54. The second kappa shape index (κ2) is 7.49. The summed E-state index contributed by atoms with van der Waals surface area (Å²) < 4.78 is 53.0. The molecule has 0 fully saturated rings. The van der Waals surface area contributed by atoms with E-state index in [4.69, 9.17) is 0 Å². The first-order valence-electron chi connectivity index (χ1n) is 9.55. The molecule has 4 rings (SSSR count). The molecule has 2 aliphatic rings. The van der Waals surface area contributed by atoms with E-state index in [0.717, 1.165) is 24.2 Å². The maximum atomic E-state index is 13.3. The number of carbonyl (C=O) groups is 1. The van der Waals surface area contributed by atoms with Crippen LogP contribution in [0.3, 0.4) is 0 Å². The van der Waals surface area contributed by atoms with Crippen LogP contribution >= 0.6 is 0 Å². The molecule has 0 spiro atoms. The first kappa shape index (κ1) is 21.0. The third kappa shape index (κ3) is 3.69. The fourth-order valence-corrected chi connectivity index (χ4v) is 3.94. The van der Waals surface area contributed by atoms with Gasteiger partial charge in [-0.3, -0.25) is 4.79 Å². The minimum atomic E-state index is -4.53. The summed E-state index contributed by atoms with van der Waals surface area (Å²) in [5.41, 5.74) is 3.74. The Labute approximate surface area is 175 Å². The van der Waals surface area contributed by atoms with Crippen LogP contribution in [0.25, 0.3) is 0 Å². The molecule has 2 aromatic rings. The number of nitrogens with one attached hydrogen (secondary N) is 1. The van der Waals surface area contributed by atoms with Crippen molar-refractivity contribution >= 4 is 11.9 Å². The molecule has 11 heteroatoms. The average molecular weight is 436 g/mol. The van der Waals surface area contributed by atoms with Crippen LogP contribution in [-0.4, -0.2) is 45.5 Å². The molecule has 1 amide bonds. The van der Waals surface area contributed by atoms with Crippen LogP contribution in [0, 0.1) is 12.7 Å². The maximum Gasteiger partial charge on any atom is 0.416 e. The largest absolute Gasteiger partial charge is 0.416 e. The lowest BCUT2D eigenvalue weighted by Gasteiger charge is -2.35. The molecule has 1 atom stereocenters. The summed E-state index contributed by atoms with van der Waals surface area (Å²) in [6.07, 6.45) is -1.99. The van der Waals surface area contributed by atoms with Gasteiger partial charge in [0.25, 0.3) is 5.91 Å². The lowest BCUT2D eigenvalue weighted by atomic mass is 9.98. The highest BCUT2D eigenvalue weighted by molar-refractivity contribution is 5.96. The maximum absolute atomic E-state index is 13.3. The van der Waals surface area contributed by atoms with Crippen LogP contribution < -0.4 is 10.4 Å². The molecule has 0 saturated carbocycles. The normalized spacial score (nSPS) is 19.5. The number of aromatic nitrogens is 2. The van der Waals surface area contributed by atoms with Gasteiger partial charge in [0, 0.05) is 25.1 Å². The molecule has 2 aliphatic heterocycles. The Morgan fingerprint density at radius 3 is 2.55 bits per heavy atom. The third-order valence-corrected chi connectivity index (χ3v) is 5.48. The lowest BCUT2D eigenvalue weighted by Crippen LogP contribution is -2.45. The smallest absolute Gasteiger partial charge is 0.330 e. The lowest BCUT2D eigenvalue weighted by molar-refractivity contribution is -0.138. The molecule has 7 nitrogen and oxygen atoms in total. The molecule has 31 heavy (non-hydrogen) atoms. The monoisotopic (exact) mass is 436 g/mol. The molecule has 3 heterocycles. The summed E-state index contributed by atoms with van der Waals surface area (Å²) in [5.74, 6) is -0.760. The Morgan fingerprint density at radius 1 is 1.23 bits per heavy atom. The van der Waals surface area contributed by atoms with Crippen molar-refractivity contribution in [3.8, 4) is 0 Å². The molecule has 164 valence electrons. The zero-order valence-electron chi connectivity index (χ0n) is 17.0. The molecule has 1 aromatic heterocycles. The van der Waals surface area contributed by atoms with Gasteiger partial charge in [-0.05, 0) is 31.5 Å². The predicted octanol–water partition coefficient (Wildman–Crippen LogP) is 3.26. The number of anilines is 1. The molecule has 1 N–H and O–H groups in total. The number of hydrazine groups is 2. The first-order valence-corrected chi connectivity index (χ1v) is 9.55. The van der Waals surface area contributed by atoms with E-state index in [1.807, 2.05) is 6.92 Å². The first-order chi connectivity index (χ1) is 14.6. The van der Waals surface area contributed by atoms with Gasteiger partial charge in [-0.25, -0.2) is 19.4 Å². The third-order valence-electron chi connectivity index (χ3n) is 5.48. The van der Waals surface area contributed by atoms with E-state index in [9.17, 15) is 22.4 Å². The van der Waals surface area contributed by atoms with E-state index in [0.29, 0.717) is 12.1 Å². The zero-order chi connectivity index (χ0) is 22.5. The van der Waals surface area contributed by atoms with Gasteiger partial charge in [0.2, 0.25) is 5.95 Å². The summed E-state index contributed by atoms with van der Waals surface area (Å²) in [6.45, 7) is 3.31. The topological polar surface area (TPSA) is 64.6 Å². The van der Waals surface area contributed by atoms with Crippen molar-refractivity contribution in [1.29, 1.82) is 0 Å². The highest BCUT2D eigenvalue weighted by Crippen LogP contribution is 2.35. The highest BCUT2D eigenvalue weighted by atomic mass is 19.4. The number of benzene rings is 1. The summed E-state index contributed by atoms with van der Waals surface area (Å²) in [4.78, 5) is 22.7. The summed E-state index contributed by atoms with van der Waals surface area (Å²) in [7, 11) is 1.72. The Bertz CT molecular complexity index is 1050. The number of hydrogen-bond donors (Lipinski definition) is 1. The van der Waals surface area contributed by atoms with Gasteiger partial charge in [0.05, 0.1) is 35.9 Å². The van der Waals surface area contributed by atoms with Crippen molar-refractivity contribution in [2.45, 2.75) is 32.5 Å². The van der Waals surface area contributed by atoms with Gasteiger partial charge < -0.3 is 10.3 Å². The SMILES string of the molecule is Cc1c(C(=O)N2CC3=C(CC2C)N(c2ncc(F)cn2)N(C)N3)cccc1C(F)(F)F. The molecule has 1 aromatic carbocycles. The van der Waals surface area contributed by atoms with Crippen molar-refractivity contribution < 1.29 is 22.4 Å². The minimum absolute atomic E-state index is 0.0239. The Morgan fingerprint density at radius 2 is 1.90 bits per heavy atom. The summed E-state index contributed by atoms with van der Waals surface area (Å²) in [6, 6.07) is 3.34. The summed E-state index contributed by atoms with van der Waals surface area (Å²) in [5, 5.41) is 3.30. The Balaban J connectivity index is 1.63. The molecular formula is C20H20F4N6O. The van der Waals surface area contributed by atoms with E-state index >= 15 is 0 Å². The van der Waals surface area contributed by atoms with E-state index in [1.165, 1.54) is 24.0 Å². The van der Waals surface area contributed by atoms with Gasteiger partial charge in [-0.1, -0.05) is 6.07 Å². The van der Waals surface area contributed by atoms with Gasteiger partial charge >= 0.3 is 6.18 Å². The van der Waals surface area contributed by atoms with Crippen molar-refractivity contribution in [3.63, 3.8) is 0 Å². The second-order valence-electron chi connectivity index (χ2n) is 7.54. The van der Waals surface area contributed by atoms with Crippen molar-refractivity contribution in [3.05, 3.63) is 64.5 Å². The van der Waals surface area contributed by atoms with Crippen LogP contribution in [0.5, 0.6) is 0 Å². The minimum Gasteiger partial charge on any atom is -0.330 e. The van der Waals surface area contributed by atoms with Crippen molar-refractivity contribution in [2.24, 2.45) is 0 Å². The van der Waals surface area contributed by atoms with E-state index in [2.05, 4.69) is 15.4 Å². The van der Waals surface area contributed by atoms with E-state index in [1.54, 1.807) is 17.2 Å². The summed E-state index contributed by atoms with van der Waals surface area (Å²) >= 11 is 0. The number of amides is 1. The van der Waals surface area contributed by atoms with Crippen LogP contribution in [-0.2, 0) is 6.18 Å². The zero-order valence-corrected chi connectivity index (χ0v) is 17.0. The van der Waals surface area contributed by atoms with Crippen molar-refractivity contribution in [2.75, 3.05) is 18.6 Å². The number of alkyl halides is 3. The molecule has 1 unspecified atom stereocenters. The van der Waals surface area contributed by atoms with Crippen LogP contribution in [0.4, 0.5) is 23.5 Å². The molecule has 0 aliphatic carbocycles. The van der Waals surface area contributed by atoms with Crippen molar-refractivity contribution in [1.82, 2.24) is 25.4 Å². The molecular weight excluding hydrogens is 416 g/mol. The highest BCUT2D eigenvalue weighted by Gasteiger charge is 2.40. The van der Waals surface area contributed by atoms with Crippen LogP contribution in [0.2, 0.25) is 0 Å². The average Bonchev–Trinajstić information content (AvgIpc) is 3.01. The van der Waals surface area contributed by atoms with E-state index in [-0.39, 0.29) is 29.7 Å². The number of nitrogens with zero attached hydrogens (tertiary/aromatic N) is 5. The molecule has 0 radical (unpaired) electrons. The number of halogens is 4. The molecule has 0 bridgehead atoms. The number of hydrogen-bond acceptors (Lipinski definition) is 6. The predicted molar refractivity (Wildman–Crippen MR) is 104 cm³/mol. The van der Waals surface area contributed by atoms with Crippen LogP contribution in [0.1, 0.15) is 34.8 Å². The fourth-order valence-electron chi connectivity index (χ4n) is 3.94. The quantitative estimate of drug-likeness (QED) is 0.730. The van der Waals surface area contributed by atoms with Crippen LogP contribution in [0.15, 0.2) is 42.0 Å². The van der Waals surface area contributed by atoms with Gasteiger partial charge in [-0.15, -0.1) is 5.12 Å². The fraction of sp³-hybridized carbons (Fsp3) is 0.350. The van der Waals surface area contributed by atoms with Gasteiger partial charge in [0.15, 0.2) is 5.82 Å². The van der Waals surface area contributed by atoms with Gasteiger partial charge in [-0.2, -0.15) is 13.2 Å². The number of rotatable bonds is 2. The standard InChI is InChI=1S/C20H20F4N6O/c1-11-7-17-16(27-28(3)30(17)19-25-8-13(21)9-26-19)10-29(11)18(31)14-5-4-6-15(12(14)2)20(22,23)24/h4-6,8-9,11,27H,7,10H2,1-3H3. The van der Waals surface area contributed by atoms with E-state index < -0.39 is 23.5 Å².